The van der Waals surface area contributed by atoms with E-state index in [1.807, 2.05) is 41.3 Å². The summed E-state index contributed by atoms with van der Waals surface area (Å²) < 4.78 is 5.84. The van der Waals surface area contributed by atoms with Crippen molar-refractivity contribution in [1.82, 2.24) is 15.2 Å². The van der Waals surface area contributed by atoms with Crippen molar-refractivity contribution in [2.45, 2.75) is 18.9 Å². The maximum absolute atomic E-state index is 12.4. The number of fused-ring (bicyclic) bond motifs is 1. The van der Waals surface area contributed by atoms with Crippen LogP contribution in [0.4, 0.5) is 4.79 Å². The zero-order valence-corrected chi connectivity index (χ0v) is 14.4. The first-order valence-electron chi connectivity index (χ1n) is 8.32. The van der Waals surface area contributed by atoms with Crippen molar-refractivity contribution in [3.8, 4) is 0 Å². The standard InChI is InChI=1S/C19H18ClN3O2/c20-15-6-7-17-16(10-15)22-18(25-17)14-8-9-23(12-14)19(24)21-11-13-4-2-1-3-5-13/h1-7,10,14H,8-9,11-12H2,(H,21,24). The van der Waals surface area contributed by atoms with Gasteiger partial charge in [0.15, 0.2) is 11.5 Å². The highest BCUT2D eigenvalue weighted by Crippen LogP contribution is 2.30. The number of benzene rings is 2. The quantitative estimate of drug-likeness (QED) is 0.766. The summed E-state index contributed by atoms with van der Waals surface area (Å²) in [5, 5.41) is 3.61. The Kier molecular flexibility index (Phi) is 4.32. The van der Waals surface area contributed by atoms with Gasteiger partial charge in [0, 0.05) is 24.7 Å². The maximum Gasteiger partial charge on any atom is 0.317 e. The Hall–Kier alpha value is -2.53. The molecule has 25 heavy (non-hydrogen) atoms. The van der Waals surface area contributed by atoms with Crippen LogP contribution in [-0.2, 0) is 6.54 Å². The molecule has 2 heterocycles. The van der Waals surface area contributed by atoms with Gasteiger partial charge in [0.25, 0.3) is 0 Å². The summed E-state index contributed by atoms with van der Waals surface area (Å²) in [6.07, 6.45) is 0.847. The van der Waals surface area contributed by atoms with Crippen LogP contribution < -0.4 is 5.32 Å². The largest absolute Gasteiger partial charge is 0.440 e. The molecule has 1 aliphatic heterocycles. The number of amides is 2. The highest BCUT2D eigenvalue weighted by atomic mass is 35.5. The number of aromatic nitrogens is 1. The molecule has 128 valence electrons. The van der Waals surface area contributed by atoms with E-state index >= 15 is 0 Å². The number of nitrogens with one attached hydrogen (secondary N) is 1. The molecule has 2 amide bonds. The van der Waals surface area contributed by atoms with Gasteiger partial charge in [-0.1, -0.05) is 41.9 Å². The summed E-state index contributed by atoms with van der Waals surface area (Å²) in [7, 11) is 0. The zero-order chi connectivity index (χ0) is 17.2. The number of halogens is 1. The summed E-state index contributed by atoms with van der Waals surface area (Å²) >= 11 is 5.99. The van der Waals surface area contributed by atoms with Crippen LogP contribution in [-0.4, -0.2) is 29.0 Å². The Balaban J connectivity index is 1.39. The third kappa shape index (κ3) is 3.46. The fourth-order valence-electron chi connectivity index (χ4n) is 3.12. The van der Waals surface area contributed by atoms with Crippen LogP contribution in [0.1, 0.15) is 23.8 Å². The van der Waals surface area contributed by atoms with Gasteiger partial charge in [0.05, 0.1) is 5.92 Å². The molecule has 1 aliphatic rings. The molecule has 0 spiro atoms. The van der Waals surface area contributed by atoms with Gasteiger partial charge in [0.2, 0.25) is 0 Å². The Morgan fingerprint density at radius 1 is 1.28 bits per heavy atom. The molecule has 3 aromatic rings. The molecule has 1 atom stereocenters. The average molecular weight is 356 g/mol. The average Bonchev–Trinajstić information content (AvgIpc) is 3.27. The molecule has 6 heteroatoms. The van der Waals surface area contributed by atoms with Crippen molar-refractivity contribution >= 4 is 28.7 Å². The van der Waals surface area contributed by atoms with Crippen molar-refractivity contribution in [2.75, 3.05) is 13.1 Å². The second-order valence-corrected chi connectivity index (χ2v) is 6.68. The molecular weight excluding hydrogens is 338 g/mol. The number of carbonyl (C=O) groups excluding carboxylic acids is 1. The van der Waals surface area contributed by atoms with Crippen LogP contribution in [0.3, 0.4) is 0 Å². The molecule has 2 aromatic carbocycles. The monoisotopic (exact) mass is 355 g/mol. The Bertz CT molecular complexity index is 894. The highest BCUT2D eigenvalue weighted by Gasteiger charge is 2.30. The number of rotatable bonds is 3. The Morgan fingerprint density at radius 2 is 2.12 bits per heavy atom. The second kappa shape index (κ2) is 6.76. The minimum absolute atomic E-state index is 0.0505. The SMILES string of the molecule is O=C(NCc1ccccc1)N1CCC(c2nc3cc(Cl)ccc3o2)C1. The van der Waals surface area contributed by atoms with Gasteiger partial charge < -0.3 is 14.6 Å². The molecule has 5 nitrogen and oxygen atoms in total. The number of hydrogen-bond donors (Lipinski definition) is 1. The molecular formula is C19H18ClN3O2. The molecule has 0 bridgehead atoms. The van der Waals surface area contributed by atoms with E-state index in [1.165, 1.54) is 0 Å². The molecule has 1 fully saturated rings. The van der Waals surface area contributed by atoms with E-state index in [0.29, 0.717) is 30.5 Å². The Morgan fingerprint density at radius 3 is 2.96 bits per heavy atom. The normalized spacial score (nSPS) is 17.2. The number of oxazole rings is 1. The first-order chi connectivity index (χ1) is 12.2. The predicted octanol–water partition coefficient (Wildman–Crippen LogP) is 4.18. The van der Waals surface area contributed by atoms with E-state index in [1.54, 1.807) is 12.1 Å². The second-order valence-electron chi connectivity index (χ2n) is 6.24. The lowest BCUT2D eigenvalue weighted by Crippen LogP contribution is -2.37. The van der Waals surface area contributed by atoms with E-state index in [-0.39, 0.29) is 11.9 Å². The van der Waals surface area contributed by atoms with E-state index in [0.717, 1.165) is 23.1 Å². The fraction of sp³-hybridized carbons (Fsp3) is 0.263. The van der Waals surface area contributed by atoms with Gasteiger partial charge in [-0.25, -0.2) is 9.78 Å². The number of nitrogens with zero attached hydrogens (tertiary/aromatic N) is 2. The molecule has 0 radical (unpaired) electrons. The smallest absolute Gasteiger partial charge is 0.317 e. The predicted molar refractivity (Wildman–Crippen MR) is 96.6 cm³/mol. The van der Waals surface area contributed by atoms with Crippen LogP contribution in [0.25, 0.3) is 11.1 Å². The molecule has 4 rings (SSSR count). The van der Waals surface area contributed by atoms with Crippen molar-refractivity contribution in [3.63, 3.8) is 0 Å². The molecule has 1 saturated heterocycles. The minimum atomic E-state index is -0.0505. The minimum Gasteiger partial charge on any atom is -0.440 e. The van der Waals surface area contributed by atoms with Crippen molar-refractivity contribution in [3.05, 3.63) is 65.0 Å². The number of urea groups is 1. The lowest BCUT2D eigenvalue weighted by molar-refractivity contribution is 0.207. The van der Waals surface area contributed by atoms with Crippen LogP contribution in [0.2, 0.25) is 5.02 Å². The lowest BCUT2D eigenvalue weighted by Gasteiger charge is -2.16. The van der Waals surface area contributed by atoms with Gasteiger partial charge in [0.1, 0.15) is 5.52 Å². The number of likely N-dealkylation sites (tertiary alicyclic amines) is 1. The molecule has 0 saturated carbocycles. The van der Waals surface area contributed by atoms with Gasteiger partial charge in [-0.05, 0) is 30.2 Å². The first-order valence-corrected chi connectivity index (χ1v) is 8.69. The van der Waals surface area contributed by atoms with Gasteiger partial charge in [-0.15, -0.1) is 0 Å². The van der Waals surface area contributed by atoms with Gasteiger partial charge in [-0.3, -0.25) is 0 Å². The highest BCUT2D eigenvalue weighted by molar-refractivity contribution is 6.31. The van der Waals surface area contributed by atoms with E-state index in [9.17, 15) is 4.79 Å². The van der Waals surface area contributed by atoms with Crippen LogP contribution >= 0.6 is 11.6 Å². The number of hydrogen-bond acceptors (Lipinski definition) is 3. The van der Waals surface area contributed by atoms with Crippen LogP contribution in [0.5, 0.6) is 0 Å². The van der Waals surface area contributed by atoms with E-state index in [4.69, 9.17) is 16.0 Å². The van der Waals surface area contributed by atoms with Crippen molar-refractivity contribution in [2.24, 2.45) is 0 Å². The zero-order valence-electron chi connectivity index (χ0n) is 13.6. The fourth-order valence-corrected chi connectivity index (χ4v) is 3.29. The van der Waals surface area contributed by atoms with Crippen LogP contribution in [0.15, 0.2) is 52.9 Å². The molecule has 1 aromatic heterocycles. The molecule has 1 N–H and O–H groups in total. The first kappa shape index (κ1) is 16.0. The lowest BCUT2D eigenvalue weighted by atomic mass is 10.1. The summed E-state index contributed by atoms with van der Waals surface area (Å²) in [5.74, 6) is 0.796. The summed E-state index contributed by atoms with van der Waals surface area (Å²) in [6.45, 7) is 1.84. The Labute approximate surface area is 150 Å². The maximum atomic E-state index is 12.4. The van der Waals surface area contributed by atoms with Gasteiger partial charge >= 0.3 is 6.03 Å². The van der Waals surface area contributed by atoms with E-state index in [2.05, 4.69) is 10.3 Å². The van der Waals surface area contributed by atoms with Gasteiger partial charge in [-0.2, -0.15) is 0 Å². The van der Waals surface area contributed by atoms with Crippen molar-refractivity contribution < 1.29 is 9.21 Å². The third-order valence-corrected chi connectivity index (χ3v) is 4.71. The van der Waals surface area contributed by atoms with E-state index < -0.39 is 0 Å². The molecule has 0 aliphatic carbocycles. The summed E-state index contributed by atoms with van der Waals surface area (Å²) in [6, 6.07) is 15.2. The number of carbonyl (C=O) groups is 1. The van der Waals surface area contributed by atoms with Crippen LogP contribution in [0, 0.1) is 0 Å². The third-order valence-electron chi connectivity index (χ3n) is 4.48. The summed E-state index contributed by atoms with van der Waals surface area (Å²) in [5.41, 5.74) is 2.57. The van der Waals surface area contributed by atoms with Crippen molar-refractivity contribution in [1.29, 1.82) is 0 Å². The summed E-state index contributed by atoms with van der Waals surface area (Å²) in [4.78, 5) is 18.7. The molecule has 1 unspecified atom stereocenters. The topological polar surface area (TPSA) is 58.4 Å².